The summed E-state index contributed by atoms with van der Waals surface area (Å²) in [5, 5.41) is 9.96. The molecule has 32 heavy (non-hydrogen) atoms. The molecule has 0 saturated carbocycles. The number of aliphatic carboxylic acids is 1. The van der Waals surface area contributed by atoms with Crippen LogP contribution in [0.1, 0.15) is 75.3 Å². The molecule has 1 aliphatic heterocycles. The molecule has 2 aromatic rings. The SMILES string of the molecule is CC(C)c1ccc(C(F)(F)F)c(C(OC(C)(C)C)C(=O)O)c1-c1ccc2c(c1)CCCO2. The van der Waals surface area contributed by atoms with Crippen LogP contribution >= 0.6 is 0 Å². The van der Waals surface area contributed by atoms with Gasteiger partial charge in [0, 0.05) is 5.56 Å². The van der Waals surface area contributed by atoms with E-state index in [1.165, 1.54) is 6.07 Å². The van der Waals surface area contributed by atoms with Crippen LogP contribution < -0.4 is 4.74 Å². The monoisotopic (exact) mass is 450 g/mol. The number of rotatable bonds is 5. The fourth-order valence-electron chi connectivity index (χ4n) is 4.06. The Labute approximate surface area is 186 Å². The third kappa shape index (κ3) is 5.09. The van der Waals surface area contributed by atoms with Crippen LogP contribution in [0.4, 0.5) is 13.2 Å². The maximum Gasteiger partial charge on any atom is 0.416 e. The number of ether oxygens (including phenoxy) is 2. The summed E-state index contributed by atoms with van der Waals surface area (Å²) in [6.07, 6.45) is -4.97. The van der Waals surface area contributed by atoms with Gasteiger partial charge in [-0.05, 0) is 80.0 Å². The Kier molecular flexibility index (Phi) is 6.61. The zero-order valence-electron chi connectivity index (χ0n) is 19.0. The van der Waals surface area contributed by atoms with E-state index in [1.807, 2.05) is 19.9 Å². The lowest BCUT2D eigenvalue weighted by molar-refractivity contribution is -0.163. The van der Waals surface area contributed by atoms with E-state index in [1.54, 1.807) is 32.9 Å². The summed E-state index contributed by atoms with van der Waals surface area (Å²) < 4.78 is 53.8. The van der Waals surface area contributed by atoms with Crippen molar-refractivity contribution >= 4 is 5.97 Å². The number of hydrogen-bond donors (Lipinski definition) is 1. The Morgan fingerprint density at radius 3 is 2.38 bits per heavy atom. The number of carboxylic acid groups (broad SMARTS) is 1. The normalized spacial score (nSPS) is 15.3. The number of alkyl halides is 3. The Hall–Kier alpha value is -2.54. The summed E-state index contributed by atoms with van der Waals surface area (Å²) in [4.78, 5) is 12.2. The lowest BCUT2D eigenvalue weighted by Crippen LogP contribution is -2.30. The van der Waals surface area contributed by atoms with Gasteiger partial charge in [-0.15, -0.1) is 0 Å². The van der Waals surface area contributed by atoms with Crippen LogP contribution in [0.15, 0.2) is 30.3 Å². The van der Waals surface area contributed by atoms with Gasteiger partial charge in [-0.25, -0.2) is 4.79 Å². The first kappa shape index (κ1) is 24.1. The van der Waals surface area contributed by atoms with Crippen molar-refractivity contribution < 1.29 is 32.5 Å². The minimum atomic E-state index is -4.74. The highest BCUT2D eigenvalue weighted by Crippen LogP contribution is 2.46. The van der Waals surface area contributed by atoms with E-state index < -0.39 is 29.4 Å². The summed E-state index contributed by atoms with van der Waals surface area (Å²) in [7, 11) is 0. The highest BCUT2D eigenvalue weighted by atomic mass is 19.4. The standard InChI is InChI=1S/C25H29F3O4/c1-14(2)17-9-10-18(25(26,27)28)21(22(23(29)30)32-24(3,4)5)20(17)16-8-11-19-15(13-16)7-6-12-31-19/h8-11,13-14,22H,6-7,12H2,1-5H3,(H,29,30). The van der Waals surface area contributed by atoms with Gasteiger partial charge in [-0.3, -0.25) is 0 Å². The summed E-state index contributed by atoms with van der Waals surface area (Å²) in [5.41, 5.74) is -0.00220. The fraction of sp³-hybridized carbons (Fsp3) is 0.480. The van der Waals surface area contributed by atoms with Crippen molar-refractivity contribution in [3.05, 3.63) is 52.6 Å². The summed E-state index contributed by atoms with van der Waals surface area (Å²) in [6.45, 7) is 9.21. The van der Waals surface area contributed by atoms with Crippen LogP contribution in [0, 0.1) is 0 Å². The second kappa shape index (κ2) is 8.77. The number of fused-ring (bicyclic) bond motifs is 1. The average molecular weight is 450 g/mol. The molecule has 174 valence electrons. The van der Waals surface area contributed by atoms with E-state index in [-0.39, 0.29) is 17.0 Å². The molecule has 0 fully saturated rings. The predicted octanol–water partition coefficient (Wildman–Crippen LogP) is 6.76. The predicted molar refractivity (Wildman–Crippen MR) is 116 cm³/mol. The highest BCUT2D eigenvalue weighted by Gasteiger charge is 2.41. The van der Waals surface area contributed by atoms with Gasteiger partial charge in [0.1, 0.15) is 5.75 Å². The van der Waals surface area contributed by atoms with Gasteiger partial charge >= 0.3 is 12.1 Å². The molecule has 0 bridgehead atoms. The van der Waals surface area contributed by atoms with E-state index >= 15 is 0 Å². The van der Waals surface area contributed by atoms with E-state index in [0.29, 0.717) is 23.5 Å². The topological polar surface area (TPSA) is 55.8 Å². The lowest BCUT2D eigenvalue weighted by Gasteiger charge is -2.30. The molecule has 0 aromatic heterocycles. The number of benzene rings is 2. The van der Waals surface area contributed by atoms with Crippen molar-refractivity contribution in [3.8, 4) is 16.9 Å². The Balaban J connectivity index is 2.39. The number of hydrogen-bond acceptors (Lipinski definition) is 3. The first-order valence-electron chi connectivity index (χ1n) is 10.7. The third-order valence-corrected chi connectivity index (χ3v) is 5.36. The van der Waals surface area contributed by atoms with Gasteiger partial charge in [0.15, 0.2) is 6.10 Å². The molecule has 1 unspecified atom stereocenters. The summed E-state index contributed by atoms with van der Waals surface area (Å²) >= 11 is 0. The second-order valence-corrected chi connectivity index (χ2v) is 9.37. The van der Waals surface area contributed by atoms with Crippen LogP contribution in [0.2, 0.25) is 0 Å². The number of aryl methyl sites for hydroxylation is 1. The van der Waals surface area contributed by atoms with Crippen molar-refractivity contribution in [2.24, 2.45) is 0 Å². The molecule has 1 aliphatic rings. The quantitative estimate of drug-likeness (QED) is 0.547. The molecule has 0 spiro atoms. The summed E-state index contributed by atoms with van der Waals surface area (Å²) in [6, 6.07) is 7.68. The van der Waals surface area contributed by atoms with Crippen molar-refractivity contribution in [2.45, 2.75) is 71.3 Å². The molecule has 2 aromatic carbocycles. The molecule has 4 nitrogen and oxygen atoms in total. The van der Waals surface area contributed by atoms with Crippen LogP contribution in [-0.2, 0) is 22.1 Å². The smallest absolute Gasteiger partial charge is 0.416 e. The molecule has 0 saturated heterocycles. The van der Waals surface area contributed by atoms with Gasteiger partial charge < -0.3 is 14.6 Å². The molecule has 0 aliphatic carbocycles. The molecular formula is C25H29F3O4. The molecule has 3 rings (SSSR count). The number of halogens is 3. The maximum atomic E-state index is 14.1. The van der Waals surface area contributed by atoms with Crippen molar-refractivity contribution in [3.63, 3.8) is 0 Å². The van der Waals surface area contributed by atoms with E-state index in [9.17, 15) is 23.1 Å². The average Bonchev–Trinajstić information content (AvgIpc) is 2.69. The van der Waals surface area contributed by atoms with E-state index in [0.717, 1.165) is 24.5 Å². The maximum absolute atomic E-state index is 14.1. The highest BCUT2D eigenvalue weighted by molar-refractivity contribution is 5.83. The number of carboxylic acids is 1. The zero-order chi connectivity index (χ0) is 23.8. The lowest BCUT2D eigenvalue weighted by atomic mass is 9.83. The fourth-order valence-corrected chi connectivity index (χ4v) is 4.06. The third-order valence-electron chi connectivity index (χ3n) is 5.36. The Morgan fingerprint density at radius 2 is 1.81 bits per heavy atom. The first-order valence-corrected chi connectivity index (χ1v) is 10.7. The van der Waals surface area contributed by atoms with Gasteiger partial charge in [-0.1, -0.05) is 26.0 Å². The number of carbonyl (C=O) groups is 1. The first-order chi connectivity index (χ1) is 14.8. The molecule has 0 amide bonds. The molecular weight excluding hydrogens is 421 g/mol. The van der Waals surface area contributed by atoms with Crippen molar-refractivity contribution in [1.29, 1.82) is 0 Å². The minimum Gasteiger partial charge on any atom is -0.493 e. The van der Waals surface area contributed by atoms with Crippen molar-refractivity contribution in [1.82, 2.24) is 0 Å². The van der Waals surface area contributed by atoms with Crippen LogP contribution in [0.5, 0.6) is 5.75 Å². The van der Waals surface area contributed by atoms with Crippen molar-refractivity contribution in [2.75, 3.05) is 6.61 Å². The van der Waals surface area contributed by atoms with E-state index in [2.05, 4.69) is 0 Å². The summed E-state index contributed by atoms with van der Waals surface area (Å²) in [5.74, 6) is -0.892. The Bertz CT molecular complexity index is 1000. The van der Waals surface area contributed by atoms with Gasteiger partial charge in [0.25, 0.3) is 0 Å². The van der Waals surface area contributed by atoms with Gasteiger partial charge in [0.05, 0.1) is 17.8 Å². The second-order valence-electron chi connectivity index (χ2n) is 9.37. The minimum absolute atomic E-state index is 0.137. The van der Waals surface area contributed by atoms with Crippen LogP contribution in [0.25, 0.3) is 11.1 Å². The molecule has 1 atom stereocenters. The Morgan fingerprint density at radius 1 is 1.12 bits per heavy atom. The van der Waals surface area contributed by atoms with Gasteiger partial charge in [0.2, 0.25) is 0 Å². The van der Waals surface area contributed by atoms with E-state index in [4.69, 9.17) is 9.47 Å². The largest absolute Gasteiger partial charge is 0.493 e. The molecule has 1 heterocycles. The van der Waals surface area contributed by atoms with Crippen LogP contribution in [0.3, 0.4) is 0 Å². The zero-order valence-corrected chi connectivity index (χ0v) is 19.0. The van der Waals surface area contributed by atoms with Gasteiger partial charge in [-0.2, -0.15) is 13.2 Å². The molecule has 0 radical (unpaired) electrons. The molecule has 1 N–H and O–H groups in total. The van der Waals surface area contributed by atoms with Crippen LogP contribution in [-0.4, -0.2) is 23.3 Å². The molecule has 7 heteroatoms.